The molecule has 2 heterocycles. The number of nitrogens with zero attached hydrogens (tertiary/aromatic N) is 2. The van der Waals surface area contributed by atoms with Gasteiger partial charge in [-0.05, 0) is 31.0 Å². The number of hydrogen-bond donors (Lipinski definition) is 1. The van der Waals surface area contributed by atoms with Crippen LogP contribution in [0, 0.1) is 0 Å². The van der Waals surface area contributed by atoms with Crippen molar-refractivity contribution in [3.05, 3.63) is 24.1 Å². The third kappa shape index (κ3) is 2.81. The summed E-state index contributed by atoms with van der Waals surface area (Å²) < 4.78 is 5.72. The molecule has 1 aromatic carbocycles. The van der Waals surface area contributed by atoms with Crippen molar-refractivity contribution in [2.24, 2.45) is 0 Å². The molecular formula is C16H17N3O3S. The zero-order valence-electron chi connectivity index (χ0n) is 12.7. The number of rotatable bonds is 3. The molecule has 1 saturated heterocycles. The first kappa shape index (κ1) is 14.6. The lowest BCUT2D eigenvalue weighted by Crippen LogP contribution is -2.43. The Morgan fingerprint density at radius 3 is 2.96 bits per heavy atom. The lowest BCUT2D eigenvalue weighted by atomic mass is 10.2. The highest BCUT2D eigenvalue weighted by Gasteiger charge is 2.33. The Hall–Kier alpha value is -2.02. The van der Waals surface area contributed by atoms with E-state index in [1.165, 1.54) is 6.92 Å². The van der Waals surface area contributed by atoms with Gasteiger partial charge in [-0.15, -0.1) is 11.8 Å². The minimum absolute atomic E-state index is 0.0730. The molecule has 1 N–H and O–H groups in total. The molecule has 2 aromatic rings. The largest absolute Gasteiger partial charge is 0.440 e. The quantitative estimate of drug-likeness (QED) is 0.935. The summed E-state index contributed by atoms with van der Waals surface area (Å²) in [6, 6.07) is 5.05. The molecular weight excluding hydrogens is 314 g/mol. The third-order valence-electron chi connectivity index (χ3n) is 4.19. The molecule has 1 saturated carbocycles. The maximum absolute atomic E-state index is 12.4. The van der Waals surface area contributed by atoms with Gasteiger partial charge in [-0.3, -0.25) is 9.59 Å². The minimum atomic E-state index is -0.410. The van der Waals surface area contributed by atoms with E-state index < -0.39 is 6.04 Å². The Labute approximate surface area is 137 Å². The Balaban J connectivity index is 1.52. The molecule has 1 aliphatic carbocycles. The number of hydrogen-bond acceptors (Lipinski definition) is 5. The minimum Gasteiger partial charge on any atom is -0.440 e. The Bertz CT molecular complexity index is 784. The first-order valence-electron chi connectivity index (χ1n) is 7.68. The molecule has 6 nitrogen and oxygen atoms in total. The smallest absolute Gasteiger partial charge is 0.248 e. The van der Waals surface area contributed by atoms with Gasteiger partial charge < -0.3 is 14.6 Å². The second-order valence-corrected chi connectivity index (χ2v) is 7.00. The maximum Gasteiger partial charge on any atom is 0.248 e. The average molecular weight is 331 g/mol. The lowest BCUT2D eigenvalue weighted by Gasteiger charge is -2.21. The van der Waals surface area contributed by atoms with Gasteiger partial charge in [-0.1, -0.05) is 0 Å². The van der Waals surface area contributed by atoms with Gasteiger partial charge >= 0.3 is 0 Å². The van der Waals surface area contributed by atoms with Crippen LogP contribution in [0.25, 0.3) is 11.1 Å². The number of amides is 2. The molecule has 2 amide bonds. The van der Waals surface area contributed by atoms with Crippen LogP contribution in [0.4, 0.5) is 5.69 Å². The van der Waals surface area contributed by atoms with E-state index in [4.69, 9.17) is 4.42 Å². The van der Waals surface area contributed by atoms with Gasteiger partial charge in [-0.2, -0.15) is 0 Å². The molecule has 1 atom stereocenters. The molecule has 7 heteroatoms. The first-order chi connectivity index (χ1) is 11.1. The Morgan fingerprint density at radius 2 is 2.22 bits per heavy atom. The van der Waals surface area contributed by atoms with Crippen molar-refractivity contribution in [2.75, 3.05) is 16.9 Å². The summed E-state index contributed by atoms with van der Waals surface area (Å²) in [4.78, 5) is 30.1. The number of benzene rings is 1. The van der Waals surface area contributed by atoms with Crippen molar-refractivity contribution in [1.29, 1.82) is 0 Å². The highest BCUT2D eigenvalue weighted by molar-refractivity contribution is 7.99. The predicted molar refractivity (Wildman–Crippen MR) is 88.2 cm³/mol. The number of nitrogens with one attached hydrogen (secondary N) is 1. The molecule has 1 aliphatic heterocycles. The second kappa shape index (κ2) is 5.56. The van der Waals surface area contributed by atoms with Crippen LogP contribution in [0.5, 0.6) is 0 Å². The third-order valence-corrected chi connectivity index (χ3v) is 5.20. The van der Waals surface area contributed by atoms with Crippen molar-refractivity contribution >= 4 is 40.4 Å². The van der Waals surface area contributed by atoms with Crippen molar-refractivity contribution in [1.82, 2.24) is 9.88 Å². The first-order valence-corrected chi connectivity index (χ1v) is 8.83. The number of aromatic nitrogens is 1. The van der Waals surface area contributed by atoms with Crippen LogP contribution in [-0.2, 0) is 9.59 Å². The number of fused-ring (bicyclic) bond motifs is 1. The van der Waals surface area contributed by atoms with E-state index in [1.807, 2.05) is 18.2 Å². The maximum atomic E-state index is 12.4. The van der Waals surface area contributed by atoms with Crippen LogP contribution in [0.2, 0.25) is 0 Å². The Morgan fingerprint density at radius 1 is 1.39 bits per heavy atom. The monoisotopic (exact) mass is 331 g/mol. The van der Waals surface area contributed by atoms with E-state index in [-0.39, 0.29) is 11.8 Å². The molecule has 1 aromatic heterocycles. The van der Waals surface area contributed by atoms with E-state index in [1.54, 1.807) is 16.7 Å². The molecule has 0 radical (unpaired) electrons. The molecule has 0 bridgehead atoms. The van der Waals surface area contributed by atoms with Crippen molar-refractivity contribution in [2.45, 2.75) is 31.7 Å². The summed E-state index contributed by atoms with van der Waals surface area (Å²) in [5.74, 6) is 2.22. The fraction of sp³-hybridized carbons (Fsp3) is 0.438. The SMILES string of the molecule is CC(=O)N1CSCC1C(=O)Nc1ccc2oc(C3CC3)nc2c1. The van der Waals surface area contributed by atoms with E-state index in [0.29, 0.717) is 23.2 Å². The number of anilines is 1. The normalized spacial score (nSPS) is 20.9. The van der Waals surface area contributed by atoms with Crippen LogP contribution in [0.1, 0.15) is 31.6 Å². The van der Waals surface area contributed by atoms with Crippen LogP contribution >= 0.6 is 11.8 Å². The van der Waals surface area contributed by atoms with E-state index in [9.17, 15) is 9.59 Å². The molecule has 2 aliphatic rings. The summed E-state index contributed by atoms with van der Waals surface area (Å²) in [6.07, 6.45) is 2.27. The van der Waals surface area contributed by atoms with Gasteiger partial charge in [0.15, 0.2) is 11.5 Å². The van der Waals surface area contributed by atoms with Crippen molar-refractivity contribution in [3.63, 3.8) is 0 Å². The highest BCUT2D eigenvalue weighted by Crippen LogP contribution is 2.40. The summed E-state index contributed by atoms with van der Waals surface area (Å²) in [5.41, 5.74) is 2.18. The van der Waals surface area contributed by atoms with Crippen LogP contribution in [0.15, 0.2) is 22.6 Å². The Kier molecular flexibility index (Phi) is 3.52. The summed E-state index contributed by atoms with van der Waals surface area (Å²) in [5, 5.41) is 2.89. The fourth-order valence-electron chi connectivity index (χ4n) is 2.72. The number of carbonyl (C=O) groups is 2. The molecule has 0 spiro atoms. The molecule has 4 rings (SSSR count). The van der Waals surface area contributed by atoms with Gasteiger partial charge in [0.2, 0.25) is 11.8 Å². The van der Waals surface area contributed by atoms with Crippen LogP contribution in [0.3, 0.4) is 0 Å². The summed E-state index contributed by atoms with van der Waals surface area (Å²) in [6.45, 7) is 1.49. The molecule has 23 heavy (non-hydrogen) atoms. The van der Waals surface area contributed by atoms with Gasteiger partial charge in [0, 0.05) is 24.3 Å². The van der Waals surface area contributed by atoms with E-state index in [0.717, 1.165) is 29.8 Å². The number of thioether (sulfide) groups is 1. The van der Waals surface area contributed by atoms with Crippen molar-refractivity contribution < 1.29 is 14.0 Å². The lowest BCUT2D eigenvalue weighted by molar-refractivity contribution is -0.134. The zero-order chi connectivity index (χ0) is 16.0. The van der Waals surface area contributed by atoms with E-state index >= 15 is 0 Å². The standard InChI is InChI=1S/C16H17N3O3S/c1-9(20)19-8-23-7-13(19)15(21)17-11-4-5-14-12(6-11)18-16(22-14)10-2-3-10/h4-6,10,13H,2-3,7-8H2,1H3,(H,17,21). The molecule has 2 fully saturated rings. The topological polar surface area (TPSA) is 75.4 Å². The van der Waals surface area contributed by atoms with Gasteiger partial charge in [0.1, 0.15) is 11.6 Å². The predicted octanol–water partition coefficient (Wildman–Crippen LogP) is 2.57. The highest BCUT2D eigenvalue weighted by atomic mass is 32.2. The average Bonchev–Trinajstić information content (AvgIpc) is 3.10. The van der Waals surface area contributed by atoms with Gasteiger partial charge in [0.05, 0.1) is 5.88 Å². The fourth-order valence-corrected chi connectivity index (χ4v) is 3.94. The van der Waals surface area contributed by atoms with Gasteiger partial charge in [-0.25, -0.2) is 4.98 Å². The zero-order valence-corrected chi connectivity index (χ0v) is 13.6. The van der Waals surface area contributed by atoms with Gasteiger partial charge in [0.25, 0.3) is 0 Å². The van der Waals surface area contributed by atoms with Crippen LogP contribution < -0.4 is 5.32 Å². The number of oxazole rings is 1. The summed E-state index contributed by atoms with van der Waals surface area (Å²) >= 11 is 1.59. The number of carbonyl (C=O) groups excluding carboxylic acids is 2. The van der Waals surface area contributed by atoms with E-state index in [2.05, 4.69) is 10.3 Å². The summed E-state index contributed by atoms with van der Waals surface area (Å²) in [7, 11) is 0. The molecule has 120 valence electrons. The van der Waals surface area contributed by atoms with Crippen LogP contribution in [-0.4, -0.2) is 39.4 Å². The molecule has 1 unspecified atom stereocenters. The van der Waals surface area contributed by atoms with Crippen molar-refractivity contribution in [3.8, 4) is 0 Å². The second-order valence-electron chi connectivity index (χ2n) is 6.00.